The van der Waals surface area contributed by atoms with E-state index in [1.165, 1.54) is 5.56 Å². The van der Waals surface area contributed by atoms with E-state index in [4.69, 9.17) is 0 Å². The lowest BCUT2D eigenvalue weighted by molar-refractivity contribution is -0.307. The van der Waals surface area contributed by atoms with Crippen LogP contribution in [0.2, 0.25) is 0 Å². The summed E-state index contributed by atoms with van der Waals surface area (Å²) in [5.41, 5.74) is 1.57. The van der Waals surface area contributed by atoms with Gasteiger partial charge in [-0.2, -0.15) is 0 Å². The van der Waals surface area contributed by atoms with Crippen LogP contribution in [-0.2, 0) is 16.0 Å². The molecule has 0 saturated carbocycles. The van der Waals surface area contributed by atoms with Crippen LogP contribution in [0.25, 0.3) is 0 Å². The van der Waals surface area contributed by atoms with Crippen LogP contribution < -0.4 is 10.0 Å². The van der Waals surface area contributed by atoms with Gasteiger partial charge in [0.1, 0.15) is 0 Å². The van der Waals surface area contributed by atoms with Gasteiger partial charge in [-0.1, -0.05) is 32.0 Å². The molecule has 1 aromatic rings. The lowest BCUT2D eigenvalue weighted by atomic mass is 9.85. The number of carbonyl (C=O) groups is 2. The zero-order valence-electron chi connectivity index (χ0n) is 12.0. The van der Waals surface area contributed by atoms with Gasteiger partial charge < -0.3 is 14.8 Å². The number of carboxylic acid groups (broad SMARTS) is 1. The SMILES string of the molecule is CC(C)(CC(=O)[O-])CC(=O)N1CCCc2ccccc21. The molecule has 4 heteroatoms. The standard InChI is InChI=1S/C16H21NO3/c1-16(2,11-15(19)20)10-14(18)17-9-5-7-12-6-3-4-8-13(12)17/h3-4,6,8H,5,7,9-11H2,1-2H3,(H,19,20)/p-1. The molecule has 0 aliphatic carbocycles. The van der Waals surface area contributed by atoms with Crippen molar-refractivity contribution in [3.8, 4) is 0 Å². The number of para-hydroxylation sites is 1. The lowest BCUT2D eigenvalue weighted by Gasteiger charge is -2.33. The fraction of sp³-hybridized carbons (Fsp3) is 0.500. The van der Waals surface area contributed by atoms with Gasteiger partial charge in [-0.3, -0.25) is 4.79 Å². The first kappa shape index (κ1) is 14.6. The van der Waals surface area contributed by atoms with Crippen LogP contribution in [0.15, 0.2) is 24.3 Å². The van der Waals surface area contributed by atoms with Gasteiger partial charge in [0.2, 0.25) is 5.91 Å². The van der Waals surface area contributed by atoms with E-state index < -0.39 is 11.4 Å². The molecule has 0 fully saturated rings. The highest BCUT2D eigenvalue weighted by Crippen LogP contribution is 2.31. The Hall–Kier alpha value is -1.84. The third-order valence-corrected chi connectivity index (χ3v) is 3.66. The molecule has 0 saturated heterocycles. The Labute approximate surface area is 119 Å². The van der Waals surface area contributed by atoms with Gasteiger partial charge in [-0.05, 0) is 36.3 Å². The van der Waals surface area contributed by atoms with E-state index in [9.17, 15) is 14.7 Å². The summed E-state index contributed by atoms with van der Waals surface area (Å²) in [5.74, 6) is -1.12. The first-order valence-electron chi connectivity index (χ1n) is 6.97. The molecule has 1 heterocycles. The summed E-state index contributed by atoms with van der Waals surface area (Å²) in [5, 5.41) is 10.7. The van der Waals surface area contributed by atoms with Crippen LogP contribution in [0, 0.1) is 5.41 Å². The van der Waals surface area contributed by atoms with Crippen molar-refractivity contribution in [1.82, 2.24) is 0 Å². The predicted molar refractivity (Wildman–Crippen MR) is 75.1 cm³/mol. The Balaban J connectivity index is 2.13. The van der Waals surface area contributed by atoms with Crippen molar-refractivity contribution in [2.75, 3.05) is 11.4 Å². The molecule has 0 radical (unpaired) electrons. The van der Waals surface area contributed by atoms with E-state index in [1.54, 1.807) is 18.7 Å². The molecule has 0 unspecified atom stereocenters. The summed E-state index contributed by atoms with van der Waals surface area (Å²) in [6.45, 7) is 4.28. The van der Waals surface area contributed by atoms with Crippen LogP contribution in [0.4, 0.5) is 5.69 Å². The predicted octanol–water partition coefficient (Wildman–Crippen LogP) is 1.52. The second-order valence-corrected chi connectivity index (χ2v) is 6.17. The highest BCUT2D eigenvalue weighted by Gasteiger charge is 2.28. The van der Waals surface area contributed by atoms with Crippen LogP contribution in [-0.4, -0.2) is 18.4 Å². The van der Waals surface area contributed by atoms with Crippen LogP contribution in [0.3, 0.4) is 0 Å². The number of aryl methyl sites for hydroxylation is 1. The van der Waals surface area contributed by atoms with Gasteiger partial charge >= 0.3 is 0 Å². The quantitative estimate of drug-likeness (QED) is 0.836. The monoisotopic (exact) mass is 274 g/mol. The molecule has 1 amide bonds. The lowest BCUT2D eigenvalue weighted by Crippen LogP contribution is -2.39. The molecule has 0 bridgehead atoms. The molecule has 4 nitrogen and oxygen atoms in total. The molecule has 1 aliphatic rings. The molecule has 2 rings (SSSR count). The first-order chi connectivity index (χ1) is 9.39. The summed E-state index contributed by atoms with van der Waals surface area (Å²) in [7, 11) is 0. The van der Waals surface area contributed by atoms with Crippen LogP contribution in [0.1, 0.15) is 38.7 Å². The Morgan fingerprint density at radius 2 is 1.95 bits per heavy atom. The summed E-state index contributed by atoms with van der Waals surface area (Å²) >= 11 is 0. The highest BCUT2D eigenvalue weighted by molar-refractivity contribution is 5.95. The minimum atomic E-state index is -1.11. The third-order valence-electron chi connectivity index (χ3n) is 3.66. The molecule has 20 heavy (non-hydrogen) atoms. The van der Waals surface area contributed by atoms with Gasteiger partial charge in [0.25, 0.3) is 0 Å². The van der Waals surface area contributed by atoms with E-state index in [1.807, 2.05) is 24.3 Å². The Morgan fingerprint density at radius 3 is 2.65 bits per heavy atom. The maximum Gasteiger partial charge on any atom is 0.227 e. The van der Waals surface area contributed by atoms with Gasteiger partial charge in [0.05, 0.1) is 0 Å². The Kier molecular flexibility index (Phi) is 4.12. The van der Waals surface area contributed by atoms with Crippen molar-refractivity contribution in [2.24, 2.45) is 5.41 Å². The second kappa shape index (κ2) is 5.65. The van der Waals surface area contributed by atoms with Crippen molar-refractivity contribution in [1.29, 1.82) is 0 Å². The van der Waals surface area contributed by atoms with Crippen LogP contribution >= 0.6 is 0 Å². The number of benzene rings is 1. The topological polar surface area (TPSA) is 60.4 Å². The van der Waals surface area contributed by atoms with Gasteiger partial charge in [-0.25, -0.2) is 0 Å². The third kappa shape index (κ3) is 3.38. The Morgan fingerprint density at radius 1 is 1.25 bits per heavy atom. The molecule has 1 aromatic carbocycles. The van der Waals surface area contributed by atoms with E-state index in [0.717, 1.165) is 18.5 Å². The van der Waals surface area contributed by atoms with E-state index in [-0.39, 0.29) is 18.7 Å². The average Bonchev–Trinajstić information content (AvgIpc) is 2.35. The van der Waals surface area contributed by atoms with Gasteiger partial charge in [0.15, 0.2) is 0 Å². The molecular formula is C16H20NO3-. The van der Waals surface area contributed by atoms with Gasteiger partial charge in [0, 0.05) is 24.6 Å². The number of carboxylic acids is 1. The van der Waals surface area contributed by atoms with Crippen molar-refractivity contribution >= 4 is 17.6 Å². The van der Waals surface area contributed by atoms with Gasteiger partial charge in [-0.15, -0.1) is 0 Å². The number of hydrogen-bond donors (Lipinski definition) is 0. The fourth-order valence-corrected chi connectivity index (χ4v) is 2.75. The number of hydrogen-bond acceptors (Lipinski definition) is 3. The number of amides is 1. The molecule has 1 aliphatic heterocycles. The number of anilines is 1. The molecule has 108 valence electrons. The highest BCUT2D eigenvalue weighted by atomic mass is 16.4. The van der Waals surface area contributed by atoms with Crippen molar-refractivity contribution in [2.45, 2.75) is 39.5 Å². The van der Waals surface area contributed by atoms with E-state index >= 15 is 0 Å². The summed E-state index contributed by atoms with van der Waals surface area (Å²) in [4.78, 5) is 25.0. The molecule has 0 atom stereocenters. The normalized spacial score (nSPS) is 14.8. The van der Waals surface area contributed by atoms with E-state index in [2.05, 4.69) is 0 Å². The smallest absolute Gasteiger partial charge is 0.227 e. The minimum Gasteiger partial charge on any atom is -0.550 e. The van der Waals surface area contributed by atoms with Crippen LogP contribution in [0.5, 0.6) is 0 Å². The maximum atomic E-state index is 12.5. The summed E-state index contributed by atoms with van der Waals surface area (Å²) < 4.78 is 0. The zero-order valence-corrected chi connectivity index (χ0v) is 12.0. The number of nitrogens with zero attached hydrogens (tertiary/aromatic N) is 1. The Bertz CT molecular complexity index is 522. The largest absolute Gasteiger partial charge is 0.550 e. The van der Waals surface area contributed by atoms with Crippen molar-refractivity contribution < 1.29 is 14.7 Å². The summed E-state index contributed by atoms with van der Waals surface area (Å²) in [6, 6.07) is 7.91. The molecule has 0 aromatic heterocycles. The fourth-order valence-electron chi connectivity index (χ4n) is 2.75. The molecular weight excluding hydrogens is 254 g/mol. The molecule has 0 spiro atoms. The number of carbonyl (C=O) groups excluding carboxylic acids is 2. The second-order valence-electron chi connectivity index (χ2n) is 6.17. The minimum absolute atomic E-state index is 0.0107. The zero-order chi connectivity index (χ0) is 14.8. The molecule has 0 N–H and O–H groups in total. The average molecular weight is 274 g/mol. The number of fused-ring (bicyclic) bond motifs is 1. The van der Waals surface area contributed by atoms with Crippen molar-refractivity contribution in [3.63, 3.8) is 0 Å². The maximum absolute atomic E-state index is 12.5. The van der Waals surface area contributed by atoms with Crippen molar-refractivity contribution in [3.05, 3.63) is 29.8 Å². The number of rotatable bonds is 4. The van der Waals surface area contributed by atoms with E-state index in [0.29, 0.717) is 6.54 Å². The summed E-state index contributed by atoms with van der Waals surface area (Å²) in [6.07, 6.45) is 2.05. The number of aliphatic carboxylic acids is 1. The first-order valence-corrected chi connectivity index (χ1v) is 6.97.